The number of hydrogen-bond donors (Lipinski definition) is 0. The predicted octanol–water partition coefficient (Wildman–Crippen LogP) is 4.60. The molecule has 0 aliphatic heterocycles. The maximum atomic E-state index is 2.26. The lowest BCUT2D eigenvalue weighted by molar-refractivity contribution is 0.403. The summed E-state index contributed by atoms with van der Waals surface area (Å²) >= 11 is 1.92. The van der Waals surface area contributed by atoms with E-state index in [1.807, 2.05) is 11.3 Å². The summed E-state index contributed by atoms with van der Waals surface area (Å²) < 4.78 is 0. The average molecular weight is 259 g/mol. The molecule has 1 aromatic carbocycles. The molecule has 0 spiro atoms. The molecule has 0 fully saturated rings. The minimum atomic E-state index is 0.616. The van der Waals surface area contributed by atoms with Crippen molar-refractivity contribution in [2.45, 2.75) is 26.3 Å². The maximum Gasteiger partial charge on any atom is 0.0349 e. The lowest BCUT2D eigenvalue weighted by atomic mass is 10.1. The minimum absolute atomic E-state index is 0.616. The smallest absolute Gasteiger partial charge is 0.0349 e. The number of nitrogens with zero attached hydrogens (tertiary/aromatic N) is 1. The summed E-state index contributed by atoms with van der Waals surface area (Å²) in [7, 11) is 4.23. The highest BCUT2D eigenvalue weighted by Crippen LogP contribution is 2.34. The van der Waals surface area contributed by atoms with Crippen LogP contribution >= 0.6 is 11.3 Å². The quantitative estimate of drug-likeness (QED) is 0.775. The first-order valence-electron chi connectivity index (χ1n) is 6.40. The van der Waals surface area contributed by atoms with Crippen LogP contribution in [0.15, 0.2) is 36.4 Å². The van der Waals surface area contributed by atoms with E-state index in [2.05, 4.69) is 69.2 Å². The molecule has 0 bridgehead atoms. The van der Waals surface area contributed by atoms with E-state index in [-0.39, 0.29) is 0 Å². The third kappa shape index (κ3) is 3.01. The molecule has 0 aliphatic carbocycles. The number of rotatable bonds is 4. The van der Waals surface area contributed by atoms with E-state index in [4.69, 9.17) is 0 Å². The highest BCUT2D eigenvalue weighted by molar-refractivity contribution is 7.15. The Labute approximate surface area is 114 Å². The fourth-order valence-electron chi connectivity index (χ4n) is 2.05. The van der Waals surface area contributed by atoms with Gasteiger partial charge in [-0.25, -0.2) is 0 Å². The molecule has 0 amide bonds. The van der Waals surface area contributed by atoms with Crippen molar-refractivity contribution >= 4 is 11.3 Å². The van der Waals surface area contributed by atoms with Crippen LogP contribution in [0.1, 0.15) is 30.2 Å². The summed E-state index contributed by atoms with van der Waals surface area (Å²) in [6.07, 6.45) is 0. The van der Waals surface area contributed by atoms with Gasteiger partial charge in [0.25, 0.3) is 0 Å². The van der Waals surface area contributed by atoms with Crippen LogP contribution in [0.3, 0.4) is 0 Å². The van der Waals surface area contributed by atoms with Gasteiger partial charge in [-0.05, 0) is 43.3 Å². The van der Waals surface area contributed by atoms with E-state index in [1.165, 1.54) is 20.9 Å². The van der Waals surface area contributed by atoms with E-state index in [9.17, 15) is 0 Å². The zero-order chi connectivity index (χ0) is 13.1. The molecule has 2 rings (SSSR count). The standard InChI is InChI=1S/C16H21NS/c1-12(2)15-9-10-16(18-15)14-8-6-5-7-13(14)11-17(3)4/h5-10,12H,11H2,1-4H3. The lowest BCUT2D eigenvalue weighted by Crippen LogP contribution is -2.11. The van der Waals surface area contributed by atoms with Crippen molar-refractivity contribution < 1.29 is 0 Å². The van der Waals surface area contributed by atoms with Crippen molar-refractivity contribution in [2.75, 3.05) is 14.1 Å². The third-order valence-electron chi connectivity index (χ3n) is 2.97. The largest absolute Gasteiger partial charge is 0.305 e. The van der Waals surface area contributed by atoms with Gasteiger partial charge in [0, 0.05) is 16.3 Å². The third-order valence-corrected chi connectivity index (χ3v) is 4.38. The van der Waals surface area contributed by atoms with Gasteiger partial charge in [0.2, 0.25) is 0 Å². The first-order chi connectivity index (χ1) is 8.58. The first-order valence-corrected chi connectivity index (χ1v) is 7.22. The fraction of sp³-hybridized carbons (Fsp3) is 0.375. The Bertz CT molecular complexity index is 511. The predicted molar refractivity (Wildman–Crippen MR) is 81.2 cm³/mol. The fourth-order valence-corrected chi connectivity index (χ4v) is 3.12. The second kappa shape index (κ2) is 5.68. The highest BCUT2D eigenvalue weighted by atomic mass is 32.1. The molecule has 0 radical (unpaired) electrons. The second-order valence-corrected chi connectivity index (χ2v) is 6.37. The zero-order valence-electron chi connectivity index (χ0n) is 11.6. The molecule has 0 unspecified atom stereocenters. The van der Waals surface area contributed by atoms with Gasteiger partial charge in [-0.15, -0.1) is 11.3 Å². The van der Waals surface area contributed by atoms with Crippen LogP contribution in [0.5, 0.6) is 0 Å². The molecule has 18 heavy (non-hydrogen) atoms. The first kappa shape index (κ1) is 13.3. The lowest BCUT2D eigenvalue weighted by Gasteiger charge is -2.13. The zero-order valence-corrected chi connectivity index (χ0v) is 12.4. The molecule has 1 heterocycles. The number of hydrogen-bond acceptors (Lipinski definition) is 2. The van der Waals surface area contributed by atoms with Crippen molar-refractivity contribution in [3.05, 3.63) is 46.8 Å². The number of thiophene rings is 1. The summed E-state index contributed by atoms with van der Waals surface area (Å²) in [4.78, 5) is 5.07. The normalized spacial score (nSPS) is 11.4. The Balaban J connectivity index is 2.36. The summed E-state index contributed by atoms with van der Waals surface area (Å²) in [5.74, 6) is 0.616. The molecule has 0 saturated heterocycles. The molecule has 0 aliphatic rings. The molecule has 2 aromatic rings. The van der Waals surface area contributed by atoms with Gasteiger partial charge in [0.15, 0.2) is 0 Å². The molecule has 0 saturated carbocycles. The van der Waals surface area contributed by atoms with E-state index in [0.29, 0.717) is 5.92 Å². The summed E-state index contributed by atoms with van der Waals surface area (Å²) in [6, 6.07) is 13.2. The average Bonchev–Trinajstić information content (AvgIpc) is 2.78. The molecule has 0 atom stereocenters. The van der Waals surface area contributed by atoms with E-state index in [0.717, 1.165) is 6.54 Å². The molecule has 2 heteroatoms. The Morgan fingerprint density at radius 1 is 1.06 bits per heavy atom. The van der Waals surface area contributed by atoms with Crippen molar-refractivity contribution in [2.24, 2.45) is 0 Å². The number of benzene rings is 1. The van der Waals surface area contributed by atoms with Crippen LogP contribution in [0.4, 0.5) is 0 Å². The Kier molecular flexibility index (Phi) is 4.20. The molecular formula is C16H21NS. The van der Waals surface area contributed by atoms with Crippen LogP contribution in [-0.4, -0.2) is 19.0 Å². The van der Waals surface area contributed by atoms with Crippen molar-refractivity contribution in [1.29, 1.82) is 0 Å². The van der Waals surface area contributed by atoms with Gasteiger partial charge in [-0.3, -0.25) is 0 Å². The Hall–Kier alpha value is -1.12. The highest BCUT2D eigenvalue weighted by Gasteiger charge is 2.09. The van der Waals surface area contributed by atoms with Crippen LogP contribution in [0.25, 0.3) is 10.4 Å². The molecule has 0 N–H and O–H groups in total. The van der Waals surface area contributed by atoms with Gasteiger partial charge in [-0.1, -0.05) is 38.1 Å². The molecule has 96 valence electrons. The van der Waals surface area contributed by atoms with Crippen LogP contribution in [-0.2, 0) is 6.54 Å². The molecule has 1 nitrogen and oxygen atoms in total. The summed E-state index contributed by atoms with van der Waals surface area (Å²) in [6.45, 7) is 5.49. The van der Waals surface area contributed by atoms with Crippen molar-refractivity contribution in [3.8, 4) is 10.4 Å². The topological polar surface area (TPSA) is 3.24 Å². The monoisotopic (exact) mass is 259 g/mol. The van der Waals surface area contributed by atoms with Crippen LogP contribution in [0.2, 0.25) is 0 Å². The van der Waals surface area contributed by atoms with E-state index < -0.39 is 0 Å². The Morgan fingerprint density at radius 3 is 2.39 bits per heavy atom. The van der Waals surface area contributed by atoms with Gasteiger partial charge in [0.05, 0.1) is 0 Å². The van der Waals surface area contributed by atoms with Gasteiger partial charge >= 0.3 is 0 Å². The Morgan fingerprint density at radius 2 is 1.78 bits per heavy atom. The van der Waals surface area contributed by atoms with Crippen molar-refractivity contribution in [1.82, 2.24) is 4.90 Å². The van der Waals surface area contributed by atoms with Crippen LogP contribution in [0, 0.1) is 0 Å². The van der Waals surface area contributed by atoms with E-state index in [1.54, 1.807) is 0 Å². The van der Waals surface area contributed by atoms with Crippen molar-refractivity contribution in [3.63, 3.8) is 0 Å². The summed E-state index contributed by atoms with van der Waals surface area (Å²) in [5, 5.41) is 0. The summed E-state index contributed by atoms with van der Waals surface area (Å²) in [5.41, 5.74) is 2.78. The molecular weight excluding hydrogens is 238 g/mol. The van der Waals surface area contributed by atoms with Gasteiger partial charge in [-0.2, -0.15) is 0 Å². The maximum absolute atomic E-state index is 2.26. The molecule has 1 aromatic heterocycles. The van der Waals surface area contributed by atoms with Gasteiger partial charge in [0.1, 0.15) is 0 Å². The van der Waals surface area contributed by atoms with E-state index >= 15 is 0 Å². The minimum Gasteiger partial charge on any atom is -0.305 e. The van der Waals surface area contributed by atoms with Crippen LogP contribution < -0.4 is 0 Å². The SMILES string of the molecule is CC(C)c1ccc(-c2ccccc2CN(C)C)s1. The second-order valence-electron chi connectivity index (χ2n) is 5.25. The van der Waals surface area contributed by atoms with Gasteiger partial charge < -0.3 is 4.90 Å².